The number of hydrogen-bond donors (Lipinski definition) is 1. The Bertz CT molecular complexity index is 345. The highest BCUT2D eigenvalue weighted by Crippen LogP contribution is 2.38. The molecule has 0 saturated carbocycles. The molecular weight excluding hydrogens is 295 g/mol. The van der Waals surface area contributed by atoms with Crippen LogP contribution in [0.4, 0.5) is 13.2 Å². The van der Waals surface area contributed by atoms with Crippen LogP contribution in [0, 0.1) is 0 Å². The summed E-state index contributed by atoms with van der Waals surface area (Å²) >= 11 is 1.83. The first-order valence-electron chi connectivity index (χ1n) is 6.54. The Morgan fingerprint density at radius 1 is 1.50 bits per heavy atom. The van der Waals surface area contributed by atoms with Crippen LogP contribution in [-0.2, 0) is 14.3 Å². The van der Waals surface area contributed by atoms with E-state index in [0.717, 1.165) is 24.3 Å². The van der Waals surface area contributed by atoms with Gasteiger partial charge in [0.1, 0.15) is 13.2 Å². The Balaban J connectivity index is 1.71. The summed E-state index contributed by atoms with van der Waals surface area (Å²) in [6, 6.07) is -0.0376. The number of amides is 1. The molecule has 4 nitrogen and oxygen atoms in total. The largest absolute Gasteiger partial charge is 0.411 e. The van der Waals surface area contributed by atoms with Gasteiger partial charge in [-0.15, -0.1) is 0 Å². The molecule has 20 heavy (non-hydrogen) atoms. The molecule has 0 bridgehead atoms. The first kappa shape index (κ1) is 15.9. The second kappa shape index (κ2) is 6.53. The SMILES string of the molecule is O=C(COCC(F)(F)F)N[C@@H]1CCO[C@]2(CCSC2)C1. The molecule has 0 radical (unpaired) electrons. The Morgan fingerprint density at radius 3 is 2.95 bits per heavy atom. The number of ether oxygens (including phenoxy) is 2. The van der Waals surface area contributed by atoms with Crippen LogP contribution in [0.5, 0.6) is 0 Å². The van der Waals surface area contributed by atoms with Gasteiger partial charge < -0.3 is 14.8 Å². The number of thioether (sulfide) groups is 1. The summed E-state index contributed by atoms with van der Waals surface area (Å²) in [6.07, 6.45) is -2.01. The van der Waals surface area contributed by atoms with Crippen molar-refractivity contribution in [2.24, 2.45) is 0 Å². The average Bonchev–Trinajstić information content (AvgIpc) is 2.75. The van der Waals surface area contributed by atoms with Gasteiger partial charge in [0, 0.05) is 18.4 Å². The molecule has 0 unspecified atom stereocenters. The standard InChI is InChI=1S/C12H18F3NO3S/c13-12(14,15)7-18-6-10(17)16-9-1-3-19-11(5-9)2-4-20-8-11/h9H,1-8H2,(H,16,17)/t9-,11-/m1/s1. The van der Waals surface area contributed by atoms with E-state index < -0.39 is 25.3 Å². The van der Waals surface area contributed by atoms with E-state index in [1.54, 1.807) is 0 Å². The summed E-state index contributed by atoms with van der Waals surface area (Å²) in [5.74, 6) is 1.47. The highest BCUT2D eigenvalue weighted by Gasteiger charge is 2.40. The van der Waals surface area contributed by atoms with Gasteiger partial charge in [0.05, 0.1) is 5.60 Å². The van der Waals surface area contributed by atoms with Crippen molar-refractivity contribution >= 4 is 17.7 Å². The molecule has 0 aromatic heterocycles. The summed E-state index contributed by atoms with van der Waals surface area (Å²) < 4.78 is 45.8. The van der Waals surface area contributed by atoms with Crippen LogP contribution >= 0.6 is 11.8 Å². The van der Waals surface area contributed by atoms with Crippen molar-refractivity contribution < 1.29 is 27.4 Å². The number of carbonyl (C=O) groups excluding carboxylic acids is 1. The summed E-state index contributed by atoms with van der Waals surface area (Å²) in [4.78, 5) is 11.6. The molecule has 2 aliphatic heterocycles. The summed E-state index contributed by atoms with van der Waals surface area (Å²) in [5, 5.41) is 2.74. The normalized spacial score (nSPS) is 30.6. The smallest absolute Gasteiger partial charge is 0.374 e. The van der Waals surface area contributed by atoms with Crippen LogP contribution in [0.1, 0.15) is 19.3 Å². The molecule has 1 spiro atoms. The minimum Gasteiger partial charge on any atom is -0.374 e. The molecule has 2 aliphatic rings. The molecule has 0 aromatic carbocycles. The van der Waals surface area contributed by atoms with Crippen LogP contribution in [0.15, 0.2) is 0 Å². The van der Waals surface area contributed by atoms with Gasteiger partial charge in [-0.05, 0) is 25.0 Å². The van der Waals surface area contributed by atoms with Gasteiger partial charge in [-0.3, -0.25) is 4.79 Å². The minimum atomic E-state index is -4.40. The van der Waals surface area contributed by atoms with Crippen molar-refractivity contribution in [3.05, 3.63) is 0 Å². The summed E-state index contributed by atoms with van der Waals surface area (Å²) in [6.45, 7) is -1.37. The van der Waals surface area contributed by atoms with Gasteiger partial charge in [-0.1, -0.05) is 0 Å². The zero-order valence-corrected chi connectivity index (χ0v) is 11.8. The average molecular weight is 313 g/mol. The Labute approximate surface area is 119 Å². The second-order valence-corrected chi connectivity index (χ2v) is 6.30. The predicted octanol–water partition coefficient (Wildman–Crippen LogP) is 1.74. The Kier molecular flexibility index (Phi) is 5.19. The lowest BCUT2D eigenvalue weighted by molar-refractivity contribution is -0.176. The predicted molar refractivity (Wildman–Crippen MR) is 68.7 cm³/mol. The van der Waals surface area contributed by atoms with Crippen molar-refractivity contribution in [2.45, 2.75) is 37.1 Å². The van der Waals surface area contributed by atoms with Crippen LogP contribution in [0.25, 0.3) is 0 Å². The fourth-order valence-electron chi connectivity index (χ4n) is 2.54. The zero-order chi connectivity index (χ0) is 14.6. The summed E-state index contributed by atoms with van der Waals surface area (Å²) in [7, 11) is 0. The van der Waals surface area contributed by atoms with E-state index in [9.17, 15) is 18.0 Å². The van der Waals surface area contributed by atoms with Crippen molar-refractivity contribution in [3.63, 3.8) is 0 Å². The lowest BCUT2D eigenvalue weighted by atomic mass is 9.90. The maximum absolute atomic E-state index is 11.9. The highest BCUT2D eigenvalue weighted by atomic mass is 32.2. The highest BCUT2D eigenvalue weighted by molar-refractivity contribution is 7.99. The molecule has 2 rings (SSSR count). The van der Waals surface area contributed by atoms with Crippen molar-refractivity contribution in [2.75, 3.05) is 31.3 Å². The second-order valence-electron chi connectivity index (χ2n) is 5.20. The maximum Gasteiger partial charge on any atom is 0.411 e. The molecule has 116 valence electrons. The number of hydrogen-bond acceptors (Lipinski definition) is 4. The van der Waals surface area contributed by atoms with Crippen LogP contribution in [-0.4, -0.2) is 55.1 Å². The first-order valence-corrected chi connectivity index (χ1v) is 7.70. The van der Waals surface area contributed by atoms with E-state index >= 15 is 0 Å². The van der Waals surface area contributed by atoms with E-state index in [1.807, 2.05) is 11.8 Å². The lowest BCUT2D eigenvalue weighted by Crippen LogP contribution is -2.49. The fourth-order valence-corrected chi connectivity index (χ4v) is 3.92. The van der Waals surface area contributed by atoms with E-state index in [-0.39, 0.29) is 11.6 Å². The Morgan fingerprint density at radius 2 is 2.30 bits per heavy atom. The van der Waals surface area contributed by atoms with Gasteiger partial charge in [0.2, 0.25) is 5.91 Å². The Hall–Kier alpha value is -0.470. The molecule has 0 aromatic rings. The molecule has 8 heteroatoms. The lowest BCUT2D eigenvalue weighted by Gasteiger charge is -2.38. The molecular formula is C12H18F3NO3S. The topological polar surface area (TPSA) is 47.6 Å². The van der Waals surface area contributed by atoms with E-state index in [2.05, 4.69) is 10.1 Å². The number of alkyl halides is 3. The molecule has 2 atom stereocenters. The number of carbonyl (C=O) groups is 1. The van der Waals surface area contributed by atoms with Gasteiger partial charge in [0.15, 0.2) is 0 Å². The third-order valence-electron chi connectivity index (χ3n) is 3.42. The maximum atomic E-state index is 11.9. The number of rotatable bonds is 4. The van der Waals surface area contributed by atoms with Gasteiger partial charge in [0.25, 0.3) is 0 Å². The number of nitrogens with one attached hydrogen (secondary N) is 1. The van der Waals surface area contributed by atoms with Crippen molar-refractivity contribution in [3.8, 4) is 0 Å². The minimum absolute atomic E-state index is 0.0376. The number of halogens is 3. The molecule has 2 fully saturated rings. The van der Waals surface area contributed by atoms with E-state index in [0.29, 0.717) is 13.0 Å². The van der Waals surface area contributed by atoms with E-state index in [1.165, 1.54) is 0 Å². The van der Waals surface area contributed by atoms with Crippen LogP contribution in [0.3, 0.4) is 0 Å². The van der Waals surface area contributed by atoms with Gasteiger partial charge in [-0.25, -0.2) is 0 Å². The fraction of sp³-hybridized carbons (Fsp3) is 0.917. The molecule has 0 aliphatic carbocycles. The first-order chi connectivity index (χ1) is 9.39. The summed E-state index contributed by atoms with van der Waals surface area (Å²) in [5.41, 5.74) is -0.159. The van der Waals surface area contributed by atoms with Gasteiger partial charge >= 0.3 is 6.18 Å². The molecule has 2 heterocycles. The van der Waals surface area contributed by atoms with Crippen molar-refractivity contribution in [1.82, 2.24) is 5.32 Å². The van der Waals surface area contributed by atoms with Crippen molar-refractivity contribution in [1.29, 1.82) is 0 Å². The quantitative estimate of drug-likeness (QED) is 0.859. The molecule has 2 saturated heterocycles. The third-order valence-corrected chi connectivity index (χ3v) is 4.65. The van der Waals surface area contributed by atoms with Gasteiger partial charge in [-0.2, -0.15) is 24.9 Å². The zero-order valence-electron chi connectivity index (χ0n) is 11.0. The molecule has 1 amide bonds. The monoisotopic (exact) mass is 313 g/mol. The molecule has 1 N–H and O–H groups in total. The van der Waals surface area contributed by atoms with E-state index in [4.69, 9.17) is 4.74 Å². The van der Waals surface area contributed by atoms with Crippen LogP contribution in [0.2, 0.25) is 0 Å². The van der Waals surface area contributed by atoms with Crippen LogP contribution < -0.4 is 5.32 Å². The third kappa shape index (κ3) is 4.82.